The minimum Gasteiger partial charge on any atom is -0.459 e. The Labute approximate surface area is 184 Å². The number of nitrogens with one attached hydrogen (secondary N) is 1. The number of hydrogen-bond acceptors (Lipinski definition) is 3. The molecule has 0 spiro atoms. The van der Waals surface area contributed by atoms with Crippen LogP contribution in [-0.4, -0.2) is 17.6 Å². The van der Waals surface area contributed by atoms with Gasteiger partial charge in [-0.3, -0.25) is 10.1 Å². The molecule has 31 heavy (non-hydrogen) atoms. The highest BCUT2D eigenvalue weighted by atomic mass is 16.6. The molecule has 0 amide bonds. The van der Waals surface area contributed by atoms with E-state index in [1.807, 2.05) is 39.0 Å². The molecule has 0 bridgehead atoms. The zero-order valence-electron chi connectivity index (χ0n) is 18.4. The van der Waals surface area contributed by atoms with Crippen LogP contribution >= 0.6 is 0 Å². The lowest BCUT2D eigenvalue weighted by Crippen LogP contribution is -2.52. The van der Waals surface area contributed by atoms with E-state index in [9.17, 15) is 4.79 Å². The maximum Gasteiger partial charge on any atom is 0.324 e. The molecule has 0 aromatic heterocycles. The van der Waals surface area contributed by atoms with Gasteiger partial charge >= 0.3 is 5.97 Å². The Hall–Kier alpha value is -3.17. The first-order valence-corrected chi connectivity index (χ1v) is 10.7. The van der Waals surface area contributed by atoms with Crippen molar-refractivity contribution in [2.24, 2.45) is 0 Å². The van der Waals surface area contributed by atoms with E-state index in [0.717, 1.165) is 16.7 Å². The summed E-state index contributed by atoms with van der Waals surface area (Å²) >= 11 is 0. The van der Waals surface area contributed by atoms with E-state index < -0.39 is 17.2 Å². The number of carbonyl (C=O) groups is 1. The van der Waals surface area contributed by atoms with Crippen LogP contribution in [0.15, 0.2) is 91.5 Å². The first-order chi connectivity index (χ1) is 14.9. The lowest BCUT2D eigenvalue weighted by atomic mass is 9.79. The molecule has 1 aliphatic carbocycles. The smallest absolute Gasteiger partial charge is 0.324 e. The van der Waals surface area contributed by atoms with Crippen molar-refractivity contribution in [3.63, 3.8) is 0 Å². The Morgan fingerprint density at radius 3 is 1.97 bits per heavy atom. The van der Waals surface area contributed by atoms with E-state index in [4.69, 9.17) is 4.74 Å². The van der Waals surface area contributed by atoms with E-state index in [2.05, 4.69) is 72.6 Å². The maximum atomic E-state index is 13.2. The van der Waals surface area contributed by atoms with Gasteiger partial charge in [0, 0.05) is 0 Å². The molecule has 1 atom stereocenters. The quantitative estimate of drug-likeness (QED) is 0.409. The highest BCUT2D eigenvalue weighted by molar-refractivity contribution is 5.84. The number of hydrogen-bond donors (Lipinski definition) is 1. The summed E-state index contributed by atoms with van der Waals surface area (Å²) in [6.45, 7) is 9.57. The normalized spacial score (nSPS) is 14.9. The van der Waals surface area contributed by atoms with E-state index in [0.29, 0.717) is 6.42 Å². The maximum absolute atomic E-state index is 13.2. The van der Waals surface area contributed by atoms with Gasteiger partial charge in [0.1, 0.15) is 11.6 Å². The summed E-state index contributed by atoms with van der Waals surface area (Å²) in [6.07, 6.45) is 2.24. The van der Waals surface area contributed by atoms with Crippen LogP contribution in [0.5, 0.6) is 0 Å². The second kappa shape index (κ2) is 8.16. The Bertz CT molecular complexity index is 1050. The molecule has 0 saturated heterocycles. The molecular formula is C28H29NO2. The van der Waals surface area contributed by atoms with Gasteiger partial charge in [0.2, 0.25) is 0 Å². The van der Waals surface area contributed by atoms with E-state index in [1.165, 1.54) is 11.1 Å². The molecule has 3 aromatic carbocycles. The molecule has 3 aromatic rings. The minimum absolute atomic E-state index is 0.274. The predicted octanol–water partition coefficient (Wildman–Crippen LogP) is 5.83. The van der Waals surface area contributed by atoms with Gasteiger partial charge in [-0.2, -0.15) is 0 Å². The van der Waals surface area contributed by atoms with Crippen LogP contribution in [0.2, 0.25) is 0 Å². The minimum atomic E-state index is -0.668. The Kier molecular flexibility index (Phi) is 5.55. The van der Waals surface area contributed by atoms with Crippen LogP contribution in [0.1, 0.15) is 43.9 Å². The van der Waals surface area contributed by atoms with Crippen LogP contribution in [0, 0.1) is 0 Å². The van der Waals surface area contributed by atoms with Crippen molar-refractivity contribution >= 4 is 5.97 Å². The van der Waals surface area contributed by atoms with Crippen molar-refractivity contribution in [1.82, 2.24) is 5.32 Å². The van der Waals surface area contributed by atoms with Gasteiger partial charge in [-0.05, 0) is 55.0 Å². The first kappa shape index (κ1) is 21.1. The molecule has 3 heteroatoms. The van der Waals surface area contributed by atoms with Crippen molar-refractivity contribution in [2.45, 2.75) is 44.4 Å². The molecule has 0 unspecified atom stereocenters. The molecular weight excluding hydrogens is 382 g/mol. The predicted molar refractivity (Wildman–Crippen MR) is 126 cm³/mol. The fourth-order valence-corrected chi connectivity index (χ4v) is 4.49. The second-order valence-corrected chi connectivity index (χ2v) is 8.96. The molecule has 1 aliphatic rings. The molecule has 4 rings (SSSR count). The van der Waals surface area contributed by atoms with Gasteiger partial charge < -0.3 is 4.74 Å². The lowest BCUT2D eigenvalue weighted by molar-refractivity contribution is -0.157. The summed E-state index contributed by atoms with van der Waals surface area (Å²) in [5.41, 5.74) is 4.49. The van der Waals surface area contributed by atoms with Crippen LogP contribution < -0.4 is 5.32 Å². The summed E-state index contributed by atoms with van der Waals surface area (Å²) in [7, 11) is 0. The average Bonchev–Trinajstić information content (AvgIpc) is 3.04. The van der Waals surface area contributed by atoms with Crippen LogP contribution in [0.3, 0.4) is 0 Å². The molecule has 0 radical (unpaired) electrons. The third-order valence-electron chi connectivity index (χ3n) is 5.64. The zero-order valence-corrected chi connectivity index (χ0v) is 18.4. The molecule has 3 nitrogen and oxygen atoms in total. The third-order valence-corrected chi connectivity index (χ3v) is 5.64. The Balaban J connectivity index is 1.92. The van der Waals surface area contributed by atoms with Crippen molar-refractivity contribution in [2.75, 3.05) is 0 Å². The summed E-state index contributed by atoms with van der Waals surface area (Å²) in [6, 6.07) is 26.6. The highest BCUT2D eigenvalue weighted by Gasteiger charge is 2.46. The molecule has 0 fully saturated rings. The third kappa shape index (κ3) is 3.82. The van der Waals surface area contributed by atoms with Gasteiger partial charge in [0.25, 0.3) is 0 Å². The summed E-state index contributed by atoms with van der Waals surface area (Å²) in [4.78, 5) is 13.2. The monoisotopic (exact) mass is 411 g/mol. The van der Waals surface area contributed by atoms with Crippen molar-refractivity contribution < 1.29 is 9.53 Å². The van der Waals surface area contributed by atoms with Gasteiger partial charge in [-0.15, -0.1) is 6.58 Å². The largest absolute Gasteiger partial charge is 0.459 e. The van der Waals surface area contributed by atoms with Gasteiger partial charge in [0.05, 0.1) is 5.54 Å². The summed E-state index contributed by atoms with van der Waals surface area (Å²) in [5.74, 6) is -0.274. The van der Waals surface area contributed by atoms with E-state index in [1.54, 1.807) is 6.08 Å². The number of ether oxygens (including phenoxy) is 1. The number of esters is 1. The first-order valence-electron chi connectivity index (χ1n) is 10.7. The average molecular weight is 412 g/mol. The number of benzene rings is 3. The number of carbonyl (C=O) groups excluding carboxylic acids is 1. The van der Waals surface area contributed by atoms with E-state index in [-0.39, 0.29) is 5.97 Å². The van der Waals surface area contributed by atoms with Crippen molar-refractivity contribution in [3.05, 3.63) is 108 Å². The fourth-order valence-electron chi connectivity index (χ4n) is 4.49. The van der Waals surface area contributed by atoms with Crippen LogP contribution in [-0.2, 0) is 15.1 Å². The van der Waals surface area contributed by atoms with Crippen LogP contribution in [0.4, 0.5) is 0 Å². The van der Waals surface area contributed by atoms with Gasteiger partial charge in [-0.25, -0.2) is 0 Å². The summed E-state index contributed by atoms with van der Waals surface area (Å²) in [5, 5.41) is 3.74. The van der Waals surface area contributed by atoms with Crippen molar-refractivity contribution in [3.8, 4) is 11.1 Å². The molecule has 1 N–H and O–H groups in total. The van der Waals surface area contributed by atoms with E-state index >= 15 is 0 Å². The Morgan fingerprint density at radius 2 is 1.45 bits per heavy atom. The molecule has 0 saturated carbocycles. The van der Waals surface area contributed by atoms with Crippen LogP contribution in [0.25, 0.3) is 11.1 Å². The lowest BCUT2D eigenvalue weighted by Gasteiger charge is -2.37. The number of rotatable bonds is 6. The highest BCUT2D eigenvalue weighted by Crippen LogP contribution is 2.51. The molecule has 0 aliphatic heterocycles. The van der Waals surface area contributed by atoms with Crippen molar-refractivity contribution in [1.29, 1.82) is 0 Å². The second-order valence-electron chi connectivity index (χ2n) is 8.96. The molecule has 158 valence electrons. The fraction of sp³-hybridized carbons (Fsp3) is 0.250. The summed E-state index contributed by atoms with van der Waals surface area (Å²) < 4.78 is 5.77. The zero-order chi connectivity index (χ0) is 22.1. The number of fused-ring (bicyclic) bond motifs is 3. The standard InChI is InChI=1S/C28H29NO2/c1-5-13-25(26(30)31-27(2,3)4)29-28(20-14-7-6-8-15-20)23-18-11-9-16-21(23)22-17-10-12-19-24(22)28/h5-12,14-19,25,29H,1,13H2,2-4H3/t25-/m1/s1. The topological polar surface area (TPSA) is 38.3 Å². The van der Waals surface area contributed by atoms with Gasteiger partial charge in [0.15, 0.2) is 0 Å². The van der Waals surface area contributed by atoms with Gasteiger partial charge in [-0.1, -0.05) is 84.9 Å². The Morgan fingerprint density at radius 1 is 0.935 bits per heavy atom. The SMILES string of the molecule is C=CC[C@@H](NC1(c2ccccc2)c2ccccc2-c2ccccc21)C(=O)OC(C)(C)C. The molecule has 0 heterocycles.